The first kappa shape index (κ1) is 13.0. The van der Waals surface area contributed by atoms with E-state index in [0.29, 0.717) is 5.41 Å². The molecule has 0 unspecified atom stereocenters. The molecule has 0 aliphatic heterocycles. The lowest BCUT2D eigenvalue weighted by Gasteiger charge is -2.53. The summed E-state index contributed by atoms with van der Waals surface area (Å²) < 4.78 is 0. The molecular weight excluding hydrogens is 254 g/mol. The number of hydrogen-bond donors (Lipinski definition) is 0. The van der Waals surface area contributed by atoms with Crippen molar-refractivity contribution in [3.8, 4) is 6.07 Å². The van der Waals surface area contributed by atoms with Crippen molar-refractivity contribution in [3.63, 3.8) is 0 Å². The molecule has 0 N–H and O–H groups in total. The molecule has 2 fully saturated rings. The van der Waals surface area contributed by atoms with Crippen molar-refractivity contribution in [2.75, 3.05) is 0 Å². The van der Waals surface area contributed by atoms with Crippen molar-refractivity contribution in [2.24, 2.45) is 5.41 Å². The minimum absolute atomic E-state index is 0.269. The maximum atomic E-state index is 9.67. The number of hydrogen-bond acceptors (Lipinski definition) is 1. The second-order valence-electron chi connectivity index (χ2n) is 6.47. The van der Waals surface area contributed by atoms with Crippen LogP contribution >= 0.6 is 11.6 Å². The fourth-order valence-corrected chi connectivity index (χ4v) is 4.38. The smallest absolute Gasteiger partial charge is 0.0833 e. The summed E-state index contributed by atoms with van der Waals surface area (Å²) in [7, 11) is 0. The molecule has 2 saturated carbocycles. The fraction of sp³-hybridized carbons (Fsp3) is 0.588. The molecule has 2 heteroatoms. The van der Waals surface area contributed by atoms with E-state index in [1.165, 1.54) is 38.5 Å². The molecular formula is C17H20ClN. The van der Waals surface area contributed by atoms with Gasteiger partial charge in [-0.15, -0.1) is 0 Å². The molecule has 0 heterocycles. The third-order valence-electron chi connectivity index (χ3n) is 5.11. The molecule has 1 nitrogen and oxygen atoms in total. The van der Waals surface area contributed by atoms with Crippen LogP contribution in [0.3, 0.4) is 0 Å². The molecule has 2 aliphatic rings. The summed E-state index contributed by atoms with van der Waals surface area (Å²) in [5.41, 5.74) is 1.31. The number of nitriles is 1. The minimum atomic E-state index is -0.269. The number of benzene rings is 1. The second kappa shape index (κ2) is 4.84. The van der Waals surface area contributed by atoms with E-state index in [0.717, 1.165) is 23.4 Å². The second-order valence-corrected chi connectivity index (χ2v) is 6.91. The predicted molar refractivity (Wildman–Crippen MR) is 78.1 cm³/mol. The van der Waals surface area contributed by atoms with Gasteiger partial charge in [0.05, 0.1) is 11.5 Å². The topological polar surface area (TPSA) is 23.8 Å². The van der Waals surface area contributed by atoms with Crippen LogP contribution in [0.1, 0.15) is 56.9 Å². The maximum absolute atomic E-state index is 9.67. The van der Waals surface area contributed by atoms with E-state index in [9.17, 15) is 5.26 Å². The monoisotopic (exact) mass is 273 g/mol. The standard InChI is InChI=1S/C17H20ClN/c18-15-7-5-6-14(10-15)17(13-19)11-16(12-17)8-3-1-2-4-9-16/h5-7,10H,1-4,8-9,11-12H2. The van der Waals surface area contributed by atoms with Gasteiger partial charge in [-0.25, -0.2) is 0 Å². The highest BCUT2D eigenvalue weighted by molar-refractivity contribution is 6.30. The lowest BCUT2D eigenvalue weighted by atomic mass is 9.49. The SMILES string of the molecule is N#CC1(c2cccc(Cl)c2)CC2(CCCCCC2)C1. The highest BCUT2D eigenvalue weighted by Gasteiger charge is 2.55. The molecule has 1 aromatic rings. The quantitative estimate of drug-likeness (QED) is 0.687. The molecule has 19 heavy (non-hydrogen) atoms. The van der Waals surface area contributed by atoms with Gasteiger partial charge in [-0.3, -0.25) is 0 Å². The number of nitrogens with zero attached hydrogens (tertiary/aromatic N) is 1. The molecule has 2 aliphatic carbocycles. The largest absolute Gasteiger partial charge is 0.197 e. The Morgan fingerprint density at radius 2 is 1.74 bits per heavy atom. The molecule has 1 aromatic carbocycles. The van der Waals surface area contributed by atoms with Crippen molar-refractivity contribution >= 4 is 11.6 Å². The Balaban J connectivity index is 1.83. The summed E-state index contributed by atoms with van der Waals surface area (Å²) >= 11 is 6.08. The maximum Gasteiger partial charge on any atom is 0.0833 e. The Morgan fingerprint density at radius 1 is 1.05 bits per heavy atom. The molecule has 1 spiro atoms. The van der Waals surface area contributed by atoms with Crippen molar-refractivity contribution in [1.29, 1.82) is 5.26 Å². The van der Waals surface area contributed by atoms with E-state index in [2.05, 4.69) is 12.1 Å². The van der Waals surface area contributed by atoms with Crippen LogP contribution in [0.25, 0.3) is 0 Å². The van der Waals surface area contributed by atoms with Gasteiger partial charge in [-0.05, 0) is 48.8 Å². The summed E-state index contributed by atoms with van der Waals surface area (Å²) in [6.07, 6.45) is 10.1. The molecule has 0 saturated heterocycles. The first-order chi connectivity index (χ1) is 9.18. The van der Waals surface area contributed by atoms with Gasteiger partial charge in [0.25, 0.3) is 0 Å². The molecule has 0 radical (unpaired) electrons. The first-order valence-corrected chi connectivity index (χ1v) is 7.73. The lowest BCUT2D eigenvalue weighted by Crippen LogP contribution is -2.48. The summed E-state index contributed by atoms with van der Waals surface area (Å²) in [6.45, 7) is 0. The number of halogens is 1. The molecule has 3 rings (SSSR count). The zero-order chi connectivity index (χ0) is 13.3. The van der Waals surface area contributed by atoms with Gasteiger partial charge in [0.15, 0.2) is 0 Å². The third-order valence-corrected chi connectivity index (χ3v) is 5.34. The zero-order valence-corrected chi connectivity index (χ0v) is 12.0. The van der Waals surface area contributed by atoms with Crippen LogP contribution in [0, 0.1) is 16.7 Å². The predicted octanol–water partition coefficient (Wildman–Crippen LogP) is 5.24. The van der Waals surface area contributed by atoms with Gasteiger partial charge >= 0.3 is 0 Å². The highest BCUT2D eigenvalue weighted by Crippen LogP contribution is 2.61. The Bertz CT molecular complexity index is 498. The fourth-order valence-electron chi connectivity index (χ4n) is 4.19. The van der Waals surface area contributed by atoms with Gasteiger partial charge < -0.3 is 0 Å². The Hall–Kier alpha value is -1.00. The van der Waals surface area contributed by atoms with Crippen LogP contribution in [0.5, 0.6) is 0 Å². The summed E-state index contributed by atoms with van der Waals surface area (Å²) in [4.78, 5) is 0. The normalized spacial score (nSPS) is 24.2. The van der Waals surface area contributed by atoms with Crippen molar-refractivity contribution in [1.82, 2.24) is 0 Å². The molecule has 0 amide bonds. The van der Waals surface area contributed by atoms with Gasteiger partial charge in [-0.1, -0.05) is 49.4 Å². The molecule has 0 bridgehead atoms. The van der Waals surface area contributed by atoms with Crippen LogP contribution in [-0.2, 0) is 5.41 Å². The summed E-state index contributed by atoms with van der Waals surface area (Å²) in [5.74, 6) is 0. The lowest BCUT2D eigenvalue weighted by molar-refractivity contribution is 0.0398. The Morgan fingerprint density at radius 3 is 2.32 bits per heavy atom. The Kier molecular flexibility index (Phi) is 3.31. The van der Waals surface area contributed by atoms with Crippen molar-refractivity contribution in [3.05, 3.63) is 34.9 Å². The van der Waals surface area contributed by atoms with E-state index in [-0.39, 0.29) is 5.41 Å². The zero-order valence-electron chi connectivity index (χ0n) is 11.3. The molecule has 100 valence electrons. The van der Waals surface area contributed by atoms with Gasteiger partial charge in [0.1, 0.15) is 0 Å². The third kappa shape index (κ3) is 2.28. The molecule has 0 atom stereocenters. The van der Waals surface area contributed by atoms with E-state index < -0.39 is 0 Å². The first-order valence-electron chi connectivity index (χ1n) is 7.36. The number of rotatable bonds is 1. The van der Waals surface area contributed by atoms with E-state index in [4.69, 9.17) is 11.6 Å². The van der Waals surface area contributed by atoms with Crippen molar-refractivity contribution < 1.29 is 0 Å². The van der Waals surface area contributed by atoms with Crippen molar-refractivity contribution in [2.45, 2.75) is 56.8 Å². The van der Waals surface area contributed by atoms with Crippen LogP contribution in [0.2, 0.25) is 5.02 Å². The van der Waals surface area contributed by atoms with E-state index in [1.807, 2.05) is 18.2 Å². The summed E-state index contributed by atoms with van der Waals surface area (Å²) in [6, 6.07) is 10.5. The van der Waals surface area contributed by atoms with Crippen LogP contribution in [0.4, 0.5) is 0 Å². The van der Waals surface area contributed by atoms with Crippen LogP contribution < -0.4 is 0 Å². The van der Waals surface area contributed by atoms with Crippen LogP contribution in [-0.4, -0.2) is 0 Å². The van der Waals surface area contributed by atoms with Crippen LogP contribution in [0.15, 0.2) is 24.3 Å². The average molecular weight is 274 g/mol. The average Bonchev–Trinajstić information content (AvgIpc) is 2.62. The van der Waals surface area contributed by atoms with E-state index in [1.54, 1.807) is 0 Å². The minimum Gasteiger partial charge on any atom is -0.197 e. The summed E-state index contributed by atoms with van der Waals surface area (Å²) in [5, 5.41) is 10.4. The molecule has 0 aromatic heterocycles. The van der Waals surface area contributed by atoms with Gasteiger partial charge in [0.2, 0.25) is 0 Å². The van der Waals surface area contributed by atoms with E-state index >= 15 is 0 Å². The van der Waals surface area contributed by atoms with Gasteiger partial charge in [0, 0.05) is 5.02 Å². The highest BCUT2D eigenvalue weighted by atomic mass is 35.5. The van der Waals surface area contributed by atoms with Gasteiger partial charge in [-0.2, -0.15) is 5.26 Å². The Labute approximate surface area is 120 Å².